The summed E-state index contributed by atoms with van der Waals surface area (Å²) in [6, 6.07) is 0. The molecule has 1 aliphatic carbocycles. The first kappa shape index (κ1) is 16.6. The van der Waals surface area contributed by atoms with Gasteiger partial charge in [0.1, 0.15) is 6.54 Å². The molecule has 10 heteroatoms. The number of carboxylic acid groups (broad SMARTS) is 1. The molecule has 1 N–H and O–H groups in total. The molecule has 1 aliphatic rings. The highest BCUT2D eigenvalue weighted by molar-refractivity contribution is 5.84. The molecular weight excluding hydrogens is 296 g/mol. The van der Waals surface area contributed by atoms with Gasteiger partial charge in [0.15, 0.2) is 0 Å². The van der Waals surface area contributed by atoms with Gasteiger partial charge in [0.25, 0.3) is 0 Å². The summed E-state index contributed by atoms with van der Waals surface area (Å²) >= 11 is 0. The van der Waals surface area contributed by atoms with Gasteiger partial charge in [0.2, 0.25) is 11.8 Å². The van der Waals surface area contributed by atoms with Crippen molar-refractivity contribution in [2.45, 2.75) is 25.2 Å². The largest absolute Gasteiger partial charge is 0.480 e. The van der Waals surface area contributed by atoms with Crippen LogP contribution in [0.3, 0.4) is 0 Å². The maximum atomic E-state index is 12.4. The molecule has 0 saturated heterocycles. The molecule has 0 bridgehead atoms. The van der Waals surface area contributed by atoms with E-state index in [2.05, 4.69) is 0 Å². The molecule has 1 saturated carbocycles. The van der Waals surface area contributed by atoms with E-state index in [1.54, 1.807) is 0 Å². The van der Waals surface area contributed by atoms with Gasteiger partial charge in [-0.2, -0.15) is 26.3 Å². The summed E-state index contributed by atoms with van der Waals surface area (Å²) in [6.07, 6.45) is -10.5. The van der Waals surface area contributed by atoms with Crippen LogP contribution < -0.4 is 0 Å². The Balaban J connectivity index is 2.96. The highest BCUT2D eigenvalue weighted by Gasteiger charge is 2.62. The number of carbonyl (C=O) groups is 2. The second-order valence-electron chi connectivity index (χ2n) is 4.57. The van der Waals surface area contributed by atoms with Crippen LogP contribution in [-0.4, -0.2) is 47.3 Å². The first-order valence-corrected chi connectivity index (χ1v) is 5.57. The Morgan fingerprint density at radius 2 is 1.55 bits per heavy atom. The molecule has 0 aromatic carbocycles. The van der Waals surface area contributed by atoms with E-state index < -0.39 is 43.2 Å². The van der Waals surface area contributed by atoms with Crippen molar-refractivity contribution in [1.82, 2.24) is 4.90 Å². The van der Waals surface area contributed by atoms with E-state index in [0.717, 1.165) is 0 Å². The summed E-state index contributed by atoms with van der Waals surface area (Å²) < 4.78 is 74.4. The highest BCUT2D eigenvalue weighted by Crippen LogP contribution is 2.41. The molecule has 116 valence electrons. The zero-order valence-corrected chi connectivity index (χ0v) is 9.96. The van der Waals surface area contributed by atoms with Gasteiger partial charge < -0.3 is 10.0 Å². The number of amides is 1. The minimum Gasteiger partial charge on any atom is -0.480 e. The van der Waals surface area contributed by atoms with Gasteiger partial charge in [-0.25, -0.2) is 0 Å². The Labute approximate surface area is 109 Å². The van der Waals surface area contributed by atoms with Crippen LogP contribution in [0, 0.1) is 11.8 Å². The summed E-state index contributed by atoms with van der Waals surface area (Å²) in [5, 5.41) is 8.50. The van der Waals surface area contributed by atoms with E-state index >= 15 is 0 Å². The third kappa shape index (κ3) is 4.57. The zero-order chi connectivity index (χ0) is 15.7. The standard InChI is InChI=1S/C10H11F6NO3/c11-9(12,13)7(10(14,15)16)8(20)17(4-6(18)19)3-5-1-2-5/h5,7H,1-4H2,(H,18,19). The maximum Gasteiger partial charge on any atom is 0.409 e. The van der Waals surface area contributed by atoms with Crippen LogP contribution in [0.2, 0.25) is 0 Å². The Bertz CT molecular complexity index is 373. The fourth-order valence-electron chi connectivity index (χ4n) is 1.66. The Kier molecular flexibility index (Phi) is 4.55. The number of carbonyl (C=O) groups excluding carboxylic acids is 1. The SMILES string of the molecule is O=C(O)CN(CC1CC1)C(=O)C(C(F)(F)F)C(F)(F)F. The molecule has 4 nitrogen and oxygen atoms in total. The normalized spacial score (nSPS) is 16.4. The summed E-state index contributed by atoms with van der Waals surface area (Å²) in [5.74, 6) is -8.35. The number of rotatable bonds is 5. The topological polar surface area (TPSA) is 57.6 Å². The molecule has 1 fully saturated rings. The van der Waals surface area contributed by atoms with Gasteiger partial charge >= 0.3 is 18.3 Å². The van der Waals surface area contributed by atoms with Crippen molar-refractivity contribution in [3.63, 3.8) is 0 Å². The van der Waals surface area contributed by atoms with Crippen molar-refractivity contribution >= 4 is 11.9 Å². The lowest BCUT2D eigenvalue weighted by molar-refractivity contribution is -0.277. The lowest BCUT2D eigenvalue weighted by Crippen LogP contribution is -2.51. The van der Waals surface area contributed by atoms with Crippen molar-refractivity contribution in [2.75, 3.05) is 13.1 Å². The Hall–Kier alpha value is -1.48. The smallest absolute Gasteiger partial charge is 0.409 e. The van der Waals surface area contributed by atoms with Crippen molar-refractivity contribution < 1.29 is 41.0 Å². The van der Waals surface area contributed by atoms with Crippen LogP contribution in [-0.2, 0) is 9.59 Å². The van der Waals surface area contributed by atoms with E-state index in [-0.39, 0.29) is 10.8 Å². The molecule has 20 heavy (non-hydrogen) atoms. The van der Waals surface area contributed by atoms with Gasteiger partial charge in [-0.15, -0.1) is 0 Å². The predicted molar refractivity (Wildman–Crippen MR) is 52.5 cm³/mol. The van der Waals surface area contributed by atoms with Crippen LogP contribution in [0.15, 0.2) is 0 Å². The molecule has 0 spiro atoms. The third-order valence-electron chi connectivity index (χ3n) is 2.71. The second-order valence-corrected chi connectivity index (χ2v) is 4.57. The molecule has 0 aromatic heterocycles. The molecule has 0 radical (unpaired) electrons. The molecule has 1 amide bonds. The Morgan fingerprint density at radius 3 is 1.85 bits per heavy atom. The van der Waals surface area contributed by atoms with E-state index in [0.29, 0.717) is 12.8 Å². The van der Waals surface area contributed by atoms with Crippen molar-refractivity contribution in [1.29, 1.82) is 0 Å². The van der Waals surface area contributed by atoms with Crippen molar-refractivity contribution in [3.05, 3.63) is 0 Å². The number of aliphatic carboxylic acids is 1. The van der Waals surface area contributed by atoms with Gasteiger partial charge in [-0.1, -0.05) is 0 Å². The molecule has 0 aliphatic heterocycles. The van der Waals surface area contributed by atoms with Crippen molar-refractivity contribution in [3.8, 4) is 0 Å². The van der Waals surface area contributed by atoms with Crippen molar-refractivity contribution in [2.24, 2.45) is 11.8 Å². The van der Waals surface area contributed by atoms with Crippen LogP contribution in [0.4, 0.5) is 26.3 Å². The van der Waals surface area contributed by atoms with E-state index in [1.165, 1.54) is 0 Å². The number of alkyl halides is 6. The quantitative estimate of drug-likeness (QED) is 0.791. The first-order chi connectivity index (χ1) is 8.93. The summed E-state index contributed by atoms with van der Waals surface area (Å²) in [6.45, 7) is -1.59. The van der Waals surface area contributed by atoms with E-state index in [9.17, 15) is 35.9 Å². The van der Waals surface area contributed by atoms with Gasteiger partial charge in [-0.3, -0.25) is 9.59 Å². The van der Waals surface area contributed by atoms with Crippen LogP contribution in [0.25, 0.3) is 0 Å². The number of hydrogen-bond donors (Lipinski definition) is 1. The Morgan fingerprint density at radius 1 is 1.10 bits per heavy atom. The fourth-order valence-corrected chi connectivity index (χ4v) is 1.66. The maximum absolute atomic E-state index is 12.4. The molecule has 0 unspecified atom stereocenters. The van der Waals surface area contributed by atoms with E-state index in [4.69, 9.17) is 5.11 Å². The first-order valence-electron chi connectivity index (χ1n) is 5.57. The minimum absolute atomic E-state index is 0.117. The highest BCUT2D eigenvalue weighted by atomic mass is 19.4. The predicted octanol–water partition coefficient (Wildman–Crippen LogP) is 2.05. The monoisotopic (exact) mass is 307 g/mol. The second kappa shape index (κ2) is 5.49. The molecular formula is C10H11F6NO3. The third-order valence-corrected chi connectivity index (χ3v) is 2.71. The average Bonchev–Trinajstić information content (AvgIpc) is 2.94. The number of halogens is 6. The molecule has 0 atom stereocenters. The minimum atomic E-state index is -5.81. The van der Waals surface area contributed by atoms with Crippen LogP contribution in [0.5, 0.6) is 0 Å². The van der Waals surface area contributed by atoms with Gasteiger partial charge in [0.05, 0.1) is 0 Å². The van der Waals surface area contributed by atoms with Crippen LogP contribution >= 0.6 is 0 Å². The summed E-state index contributed by atoms with van der Waals surface area (Å²) in [7, 11) is 0. The van der Waals surface area contributed by atoms with Gasteiger partial charge in [-0.05, 0) is 18.8 Å². The number of nitrogens with zero attached hydrogens (tertiary/aromatic N) is 1. The molecule has 1 rings (SSSR count). The molecule has 0 heterocycles. The van der Waals surface area contributed by atoms with Crippen LogP contribution in [0.1, 0.15) is 12.8 Å². The molecule has 0 aromatic rings. The zero-order valence-electron chi connectivity index (χ0n) is 9.96. The number of carboxylic acids is 1. The lowest BCUT2D eigenvalue weighted by Gasteiger charge is -2.28. The fraction of sp³-hybridized carbons (Fsp3) is 0.800. The summed E-state index contributed by atoms with van der Waals surface area (Å²) in [4.78, 5) is 22.1. The summed E-state index contributed by atoms with van der Waals surface area (Å²) in [5.41, 5.74) is 0. The average molecular weight is 307 g/mol. The number of hydrogen-bond acceptors (Lipinski definition) is 2. The van der Waals surface area contributed by atoms with E-state index in [1.807, 2.05) is 0 Å². The lowest BCUT2D eigenvalue weighted by atomic mass is 10.1. The van der Waals surface area contributed by atoms with Gasteiger partial charge in [0, 0.05) is 6.54 Å².